The van der Waals surface area contributed by atoms with E-state index < -0.39 is 10.0 Å². The van der Waals surface area contributed by atoms with Gasteiger partial charge in [-0.25, -0.2) is 8.42 Å². The van der Waals surface area contributed by atoms with E-state index in [1.54, 1.807) is 80.0 Å². The second-order valence-electron chi connectivity index (χ2n) is 6.40. The molecular weight excluding hydrogens is 402 g/mol. The molecule has 0 bridgehead atoms. The van der Waals surface area contributed by atoms with Crippen molar-refractivity contribution < 1.29 is 17.9 Å². The third-order valence-corrected chi connectivity index (χ3v) is 6.24. The van der Waals surface area contributed by atoms with Crippen molar-refractivity contribution in [2.24, 2.45) is 0 Å². The minimum atomic E-state index is -3.65. The number of carbonyl (C=O) groups is 1. The van der Waals surface area contributed by atoms with E-state index in [0.717, 1.165) is 5.56 Å². The molecule has 1 aromatic heterocycles. The number of nitrogens with one attached hydrogen (secondary N) is 1. The molecule has 1 N–H and O–H groups in total. The van der Waals surface area contributed by atoms with Crippen molar-refractivity contribution in [2.75, 3.05) is 17.5 Å². The lowest BCUT2D eigenvalue weighted by molar-refractivity contribution is -0.123. The summed E-state index contributed by atoms with van der Waals surface area (Å²) in [6.45, 7) is 2.29. The fourth-order valence-electron chi connectivity index (χ4n) is 2.82. The smallest absolute Gasteiger partial charge is 0.264 e. The van der Waals surface area contributed by atoms with Crippen LogP contribution >= 0.6 is 0 Å². The first kappa shape index (κ1) is 21.3. The lowest BCUT2D eigenvalue weighted by Gasteiger charge is -2.23. The SMILES string of the molecule is CCN(c1ccc(OCC(=O)NCc2cccnc2)cc1)S(=O)(=O)c1ccccc1. The van der Waals surface area contributed by atoms with Crippen LogP contribution in [-0.4, -0.2) is 32.5 Å². The number of benzene rings is 2. The Balaban J connectivity index is 1.59. The van der Waals surface area contributed by atoms with E-state index >= 15 is 0 Å². The molecule has 0 saturated heterocycles. The summed E-state index contributed by atoms with van der Waals surface area (Å²) in [5, 5.41) is 2.75. The third-order valence-electron chi connectivity index (χ3n) is 4.33. The van der Waals surface area contributed by atoms with Gasteiger partial charge in [0.05, 0.1) is 10.6 Å². The predicted octanol–water partition coefficient (Wildman–Crippen LogP) is 2.99. The van der Waals surface area contributed by atoms with Gasteiger partial charge in [0.25, 0.3) is 15.9 Å². The molecule has 0 spiro atoms. The molecule has 0 saturated carbocycles. The van der Waals surface area contributed by atoms with Gasteiger partial charge in [0.1, 0.15) is 5.75 Å². The summed E-state index contributed by atoms with van der Waals surface area (Å²) in [6, 6.07) is 18.6. The van der Waals surface area contributed by atoms with Gasteiger partial charge in [-0.15, -0.1) is 0 Å². The zero-order valence-corrected chi connectivity index (χ0v) is 17.4. The second-order valence-corrected chi connectivity index (χ2v) is 8.27. The number of anilines is 1. The molecule has 7 nitrogen and oxygen atoms in total. The molecule has 1 amide bonds. The lowest BCUT2D eigenvalue weighted by Crippen LogP contribution is -2.30. The number of nitrogens with zero attached hydrogens (tertiary/aromatic N) is 2. The van der Waals surface area contributed by atoms with Gasteiger partial charge in [0, 0.05) is 25.5 Å². The Morgan fingerprint density at radius 3 is 2.40 bits per heavy atom. The fourth-order valence-corrected chi connectivity index (χ4v) is 4.32. The number of carbonyl (C=O) groups excluding carboxylic acids is 1. The minimum Gasteiger partial charge on any atom is -0.484 e. The third kappa shape index (κ3) is 5.36. The van der Waals surface area contributed by atoms with Crippen LogP contribution in [0.2, 0.25) is 0 Å². The molecule has 156 valence electrons. The zero-order valence-electron chi connectivity index (χ0n) is 16.6. The van der Waals surface area contributed by atoms with Crippen molar-refractivity contribution in [3.8, 4) is 5.75 Å². The van der Waals surface area contributed by atoms with E-state index in [2.05, 4.69) is 10.3 Å². The summed E-state index contributed by atoms with van der Waals surface area (Å²) < 4.78 is 32.6. The van der Waals surface area contributed by atoms with E-state index in [1.807, 2.05) is 6.07 Å². The number of ether oxygens (including phenoxy) is 1. The normalized spacial score (nSPS) is 11.0. The zero-order chi connectivity index (χ0) is 21.4. The van der Waals surface area contributed by atoms with Gasteiger partial charge < -0.3 is 10.1 Å². The van der Waals surface area contributed by atoms with E-state index in [4.69, 9.17) is 4.74 Å². The summed E-state index contributed by atoms with van der Waals surface area (Å²) in [5.74, 6) is 0.216. The fraction of sp³-hybridized carbons (Fsp3) is 0.182. The second kappa shape index (κ2) is 9.89. The molecule has 3 rings (SSSR count). The molecule has 1 heterocycles. The molecule has 2 aromatic carbocycles. The number of pyridine rings is 1. The quantitative estimate of drug-likeness (QED) is 0.569. The minimum absolute atomic E-state index is 0.139. The Bertz CT molecular complexity index is 1060. The van der Waals surface area contributed by atoms with E-state index in [9.17, 15) is 13.2 Å². The molecule has 30 heavy (non-hydrogen) atoms. The van der Waals surface area contributed by atoms with Crippen LogP contribution in [0.5, 0.6) is 5.75 Å². The van der Waals surface area contributed by atoms with Crippen molar-refractivity contribution in [1.29, 1.82) is 0 Å². The molecule has 0 aliphatic rings. The Morgan fingerprint density at radius 2 is 1.77 bits per heavy atom. The number of sulfonamides is 1. The lowest BCUT2D eigenvalue weighted by atomic mass is 10.3. The van der Waals surface area contributed by atoms with Gasteiger partial charge in [-0.2, -0.15) is 0 Å². The molecule has 0 unspecified atom stereocenters. The van der Waals surface area contributed by atoms with Gasteiger partial charge >= 0.3 is 0 Å². The largest absolute Gasteiger partial charge is 0.484 e. The number of hydrogen-bond acceptors (Lipinski definition) is 5. The first-order chi connectivity index (χ1) is 14.5. The standard InChI is InChI=1S/C22H23N3O4S/c1-2-25(30(27,28)21-8-4-3-5-9-21)19-10-12-20(13-11-19)29-17-22(26)24-16-18-7-6-14-23-15-18/h3-15H,2,16-17H2,1H3,(H,24,26). The first-order valence-electron chi connectivity index (χ1n) is 9.47. The highest BCUT2D eigenvalue weighted by atomic mass is 32.2. The van der Waals surface area contributed by atoms with Crippen molar-refractivity contribution in [2.45, 2.75) is 18.4 Å². The summed E-state index contributed by atoms with van der Waals surface area (Å²) in [4.78, 5) is 16.2. The van der Waals surface area contributed by atoms with Gasteiger partial charge in [-0.1, -0.05) is 24.3 Å². The molecular formula is C22H23N3O4S. The van der Waals surface area contributed by atoms with Crippen molar-refractivity contribution >= 4 is 21.6 Å². The predicted molar refractivity (Wildman–Crippen MR) is 115 cm³/mol. The summed E-state index contributed by atoms with van der Waals surface area (Å²) in [7, 11) is -3.65. The van der Waals surface area contributed by atoms with Crippen molar-refractivity contribution in [3.63, 3.8) is 0 Å². The molecule has 0 aliphatic carbocycles. The number of aromatic nitrogens is 1. The first-order valence-corrected chi connectivity index (χ1v) is 10.9. The van der Waals surface area contributed by atoms with Gasteiger partial charge in [0.2, 0.25) is 0 Å². The Hall–Kier alpha value is -3.39. The van der Waals surface area contributed by atoms with Crippen molar-refractivity contribution in [1.82, 2.24) is 10.3 Å². The van der Waals surface area contributed by atoms with Crippen molar-refractivity contribution in [3.05, 3.63) is 84.7 Å². The molecule has 0 fully saturated rings. The maximum absolute atomic E-state index is 12.9. The van der Waals surface area contributed by atoms with E-state index in [-0.39, 0.29) is 24.0 Å². The Morgan fingerprint density at radius 1 is 1.03 bits per heavy atom. The van der Waals surface area contributed by atoms with Crippen LogP contribution in [0.3, 0.4) is 0 Å². The molecule has 0 atom stereocenters. The van der Waals surface area contributed by atoms with Crippen LogP contribution in [0.1, 0.15) is 12.5 Å². The van der Waals surface area contributed by atoms with Crippen LogP contribution in [-0.2, 0) is 21.4 Å². The van der Waals surface area contributed by atoms with Gasteiger partial charge in [0.15, 0.2) is 6.61 Å². The topological polar surface area (TPSA) is 88.6 Å². The molecule has 8 heteroatoms. The highest BCUT2D eigenvalue weighted by Crippen LogP contribution is 2.25. The van der Waals surface area contributed by atoms with Crippen LogP contribution < -0.4 is 14.4 Å². The Labute approximate surface area is 176 Å². The van der Waals surface area contributed by atoms with Crippen LogP contribution in [0.25, 0.3) is 0 Å². The molecule has 0 aliphatic heterocycles. The number of amides is 1. The summed E-state index contributed by atoms with van der Waals surface area (Å²) in [6.07, 6.45) is 3.35. The summed E-state index contributed by atoms with van der Waals surface area (Å²) >= 11 is 0. The summed E-state index contributed by atoms with van der Waals surface area (Å²) in [5.41, 5.74) is 1.42. The monoisotopic (exact) mass is 425 g/mol. The molecule has 0 radical (unpaired) electrons. The van der Waals surface area contributed by atoms with E-state index in [0.29, 0.717) is 18.0 Å². The Kier molecular flexibility index (Phi) is 7.03. The average molecular weight is 426 g/mol. The van der Waals surface area contributed by atoms with Gasteiger partial charge in [-0.05, 0) is 55.0 Å². The maximum atomic E-state index is 12.9. The highest BCUT2D eigenvalue weighted by Gasteiger charge is 2.23. The number of hydrogen-bond donors (Lipinski definition) is 1. The highest BCUT2D eigenvalue weighted by molar-refractivity contribution is 7.92. The number of rotatable bonds is 9. The van der Waals surface area contributed by atoms with Crippen LogP contribution in [0.4, 0.5) is 5.69 Å². The van der Waals surface area contributed by atoms with Crippen LogP contribution in [0.15, 0.2) is 84.0 Å². The average Bonchev–Trinajstić information content (AvgIpc) is 2.79. The van der Waals surface area contributed by atoms with E-state index in [1.165, 1.54) is 4.31 Å². The maximum Gasteiger partial charge on any atom is 0.264 e. The van der Waals surface area contributed by atoms with Gasteiger partial charge in [-0.3, -0.25) is 14.1 Å². The molecule has 3 aromatic rings. The van der Waals surface area contributed by atoms with Crippen LogP contribution in [0, 0.1) is 0 Å².